The summed E-state index contributed by atoms with van der Waals surface area (Å²) in [5.41, 5.74) is 0. The highest BCUT2D eigenvalue weighted by Gasteiger charge is 2.28. The van der Waals surface area contributed by atoms with Gasteiger partial charge in [-0.15, -0.1) is 11.6 Å². The molecule has 3 nitrogen and oxygen atoms in total. The van der Waals surface area contributed by atoms with Crippen LogP contribution in [0.15, 0.2) is 0 Å². The summed E-state index contributed by atoms with van der Waals surface area (Å²) in [6.45, 7) is 1.69. The first-order valence-corrected chi connectivity index (χ1v) is 6.81. The van der Waals surface area contributed by atoms with Crippen LogP contribution in [0.2, 0.25) is 0 Å². The number of halogens is 1. The van der Waals surface area contributed by atoms with Crippen molar-refractivity contribution in [2.45, 2.75) is 50.7 Å². The van der Waals surface area contributed by atoms with Crippen molar-refractivity contribution >= 4 is 17.5 Å². The van der Waals surface area contributed by atoms with Gasteiger partial charge in [0.25, 0.3) is 0 Å². The van der Waals surface area contributed by atoms with Gasteiger partial charge in [-0.2, -0.15) is 0 Å². The normalized spacial score (nSPS) is 30.7. The summed E-state index contributed by atoms with van der Waals surface area (Å²) in [4.78, 5) is 14.1. The third-order valence-electron chi connectivity index (χ3n) is 3.55. The molecule has 2 aliphatic heterocycles. The Kier molecular flexibility index (Phi) is 4.47. The van der Waals surface area contributed by atoms with E-state index in [2.05, 4.69) is 0 Å². The minimum Gasteiger partial charge on any atom is -0.378 e. The van der Waals surface area contributed by atoms with Crippen LogP contribution in [0.25, 0.3) is 0 Å². The second-order valence-corrected chi connectivity index (χ2v) is 5.04. The van der Waals surface area contributed by atoms with Crippen LogP contribution in [0, 0.1) is 0 Å². The number of piperidine rings is 1. The standard InChI is InChI=1S/C12H20ClNO2/c13-9-10-4-1-2-6-14(10)12(15)8-11-5-3-7-16-11/h10-11H,1-9H2. The molecule has 1 amide bonds. The number of amides is 1. The van der Waals surface area contributed by atoms with E-state index in [4.69, 9.17) is 16.3 Å². The van der Waals surface area contributed by atoms with E-state index < -0.39 is 0 Å². The highest BCUT2D eigenvalue weighted by atomic mass is 35.5. The molecule has 2 saturated heterocycles. The van der Waals surface area contributed by atoms with Crippen LogP contribution in [-0.4, -0.2) is 42.0 Å². The molecule has 0 aromatic rings. The maximum atomic E-state index is 12.1. The highest BCUT2D eigenvalue weighted by Crippen LogP contribution is 2.22. The van der Waals surface area contributed by atoms with Crippen molar-refractivity contribution in [2.24, 2.45) is 0 Å². The first kappa shape index (κ1) is 12.2. The highest BCUT2D eigenvalue weighted by molar-refractivity contribution is 6.18. The van der Waals surface area contributed by atoms with E-state index in [1.165, 1.54) is 6.42 Å². The maximum Gasteiger partial charge on any atom is 0.225 e. The topological polar surface area (TPSA) is 29.5 Å². The number of hydrogen-bond acceptors (Lipinski definition) is 2. The van der Waals surface area contributed by atoms with Crippen LogP contribution < -0.4 is 0 Å². The first-order chi connectivity index (χ1) is 7.81. The van der Waals surface area contributed by atoms with Crippen molar-refractivity contribution in [1.29, 1.82) is 0 Å². The number of rotatable bonds is 3. The largest absolute Gasteiger partial charge is 0.378 e. The van der Waals surface area contributed by atoms with Gasteiger partial charge >= 0.3 is 0 Å². The monoisotopic (exact) mass is 245 g/mol. The summed E-state index contributed by atoms with van der Waals surface area (Å²) in [6.07, 6.45) is 6.20. The number of alkyl halides is 1. The zero-order valence-electron chi connectivity index (χ0n) is 9.66. The van der Waals surface area contributed by atoms with Crippen LogP contribution >= 0.6 is 11.6 Å². The van der Waals surface area contributed by atoms with Gasteiger partial charge in [0.05, 0.1) is 12.5 Å². The lowest BCUT2D eigenvalue weighted by atomic mass is 10.0. The third kappa shape index (κ3) is 2.89. The van der Waals surface area contributed by atoms with Gasteiger partial charge in [0.1, 0.15) is 0 Å². The Hall–Kier alpha value is -0.280. The summed E-state index contributed by atoms with van der Waals surface area (Å²) in [5.74, 6) is 0.800. The van der Waals surface area contributed by atoms with Gasteiger partial charge in [0, 0.05) is 25.1 Å². The van der Waals surface area contributed by atoms with Crippen LogP contribution in [0.4, 0.5) is 0 Å². The zero-order valence-corrected chi connectivity index (χ0v) is 10.4. The van der Waals surface area contributed by atoms with E-state index in [-0.39, 0.29) is 18.1 Å². The van der Waals surface area contributed by atoms with Gasteiger partial charge in [-0.3, -0.25) is 4.79 Å². The SMILES string of the molecule is O=C(CC1CCCO1)N1CCCCC1CCl. The molecule has 0 spiro atoms. The predicted molar refractivity (Wildman–Crippen MR) is 63.7 cm³/mol. The Balaban J connectivity index is 1.86. The molecule has 16 heavy (non-hydrogen) atoms. The summed E-state index contributed by atoms with van der Waals surface area (Å²) >= 11 is 5.91. The van der Waals surface area contributed by atoms with E-state index in [0.717, 1.165) is 38.8 Å². The van der Waals surface area contributed by atoms with Gasteiger partial charge in [0.2, 0.25) is 5.91 Å². The van der Waals surface area contributed by atoms with Crippen molar-refractivity contribution in [3.8, 4) is 0 Å². The number of likely N-dealkylation sites (tertiary alicyclic amines) is 1. The summed E-state index contributed by atoms with van der Waals surface area (Å²) in [5, 5.41) is 0. The Labute approximate surface area is 102 Å². The van der Waals surface area contributed by atoms with E-state index in [9.17, 15) is 4.79 Å². The van der Waals surface area contributed by atoms with E-state index in [1.807, 2.05) is 4.90 Å². The quantitative estimate of drug-likeness (QED) is 0.714. The molecule has 0 bridgehead atoms. The molecule has 4 heteroatoms. The Bertz CT molecular complexity index is 241. The van der Waals surface area contributed by atoms with Crippen LogP contribution in [0.3, 0.4) is 0 Å². The summed E-state index contributed by atoms with van der Waals surface area (Å²) < 4.78 is 5.50. The molecule has 0 N–H and O–H groups in total. The molecule has 0 radical (unpaired) electrons. The molecule has 0 aliphatic carbocycles. The number of ether oxygens (including phenoxy) is 1. The zero-order chi connectivity index (χ0) is 11.4. The molecular weight excluding hydrogens is 226 g/mol. The van der Waals surface area contributed by atoms with Crippen molar-refractivity contribution in [3.63, 3.8) is 0 Å². The van der Waals surface area contributed by atoms with E-state index >= 15 is 0 Å². The fourth-order valence-corrected chi connectivity index (χ4v) is 2.93. The lowest BCUT2D eigenvalue weighted by Gasteiger charge is -2.35. The van der Waals surface area contributed by atoms with E-state index in [1.54, 1.807) is 0 Å². The average molecular weight is 246 g/mol. The predicted octanol–water partition coefficient (Wildman–Crippen LogP) is 2.18. The Morgan fingerprint density at radius 3 is 2.88 bits per heavy atom. The summed E-state index contributed by atoms with van der Waals surface area (Å²) in [7, 11) is 0. The maximum absolute atomic E-state index is 12.1. The minimum atomic E-state index is 0.158. The fraction of sp³-hybridized carbons (Fsp3) is 0.917. The van der Waals surface area contributed by atoms with Crippen molar-refractivity contribution in [2.75, 3.05) is 19.0 Å². The molecule has 2 atom stereocenters. The number of carbonyl (C=O) groups excluding carboxylic acids is 1. The van der Waals surface area contributed by atoms with Gasteiger partial charge in [-0.1, -0.05) is 0 Å². The molecular formula is C12H20ClNO2. The number of nitrogens with zero attached hydrogens (tertiary/aromatic N) is 1. The minimum absolute atomic E-state index is 0.158. The van der Waals surface area contributed by atoms with Gasteiger partial charge in [0.15, 0.2) is 0 Å². The second kappa shape index (κ2) is 5.87. The first-order valence-electron chi connectivity index (χ1n) is 6.28. The summed E-state index contributed by atoms with van der Waals surface area (Å²) in [6, 6.07) is 0.254. The van der Waals surface area contributed by atoms with Gasteiger partial charge in [-0.05, 0) is 32.1 Å². The van der Waals surface area contributed by atoms with Crippen molar-refractivity contribution in [1.82, 2.24) is 4.90 Å². The second-order valence-electron chi connectivity index (χ2n) is 4.73. The smallest absolute Gasteiger partial charge is 0.225 e. The molecule has 92 valence electrons. The molecule has 0 aromatic carbocycles. The average Bonchev–Trinajstić information content (AvgIpc) is 2.81. The molecule has 2 fully saturated rings. The molecule has 2 unspecified atom stereocenters. The van der Waals surface area contributed by atoms with Crippen LogP contribution in [-0.2, 0) is 9.53 Å². The molecule has 2 rings (SSSR count). The van der Waals surface area contributed by atoms with Crippen LogP contribution in [0.1, 0.15) is 38.5 Å². The Morgan fingerprint density at radius 2 is 2.19 bits per heavy atom. The Morgan fingerprint density at radius 1 is 1.31 bits per heavy atom. The lowest BCUT2D eigenvalue weighted by molar-refractivity contribution is -0.136. The van der Waals surface area contributed by atoms with Crippen molar-refractivity contribution < 1.29 is 9.53 Å². The van der Waals surface area contributed by atoms with Gasteiger partial charge in [-0.25, -0.2) is 0 Å². The number of hydrogen-bond donors (Lipinski definition) is 0. The van der Waals surface area contributed by atoms with Crippen molar-refractivity contribution in [3.05, 3.63) is 0 Å². The molecule has 0 saturated carbocycles. The third-order valence-corrected chi connectivity index (χ3v) is 3.91. The molecule has 2 heterocycles. The van der Waals surface area contributed by atoms with E-state index in [0.29, 0.717) is 12.3 Å². The molecule has 0 aromatic heterocycles. The number of carbonyl (C=O) groups is 1. The fourth-order valence-electron chi connectivity index (χ4n) is 2.61. The molecule has 2 aliphatic rings. The van der Waals surface area contributed by atoms with Gasteiger partial charge < -0.3 is 9.64 Å². The lowest BCUT2D eigenvalue weighted by Crippen LogP contribution is -2.45. The van der Waals surface area contributed by atoms with Crippen LogP contribution in [0.5, 0.6) is 0 Å².